The van der Waals surface area contributed by atoms with Crippen LogP contribution < -0.4 is 5.32 Å². The number of aromatic amines is 1. The average molecular weight is 403 g/mol. The first-order valence-corrected chi connectivity index (χ1v) is 9.63. The molecular weight excluding hydrogens is 380 g/mol. The van der Waals surface area contributed by atoms with Gasteiger partial charge in [0, 0.05) is 27.6 Å². The molecule has 1 aromatic heterocycles. The standard InChI is InChI=1S/C20H23BrN2O2/c1-19(2)11-6-7-20(3,9-11)18(19)23-17(25)16(24)14-10-22-15-5-4-12(21)8-13(14)15/h4-5,8,10-11,18,22H,6-7,9H2,1-3H3,(H,23,25)/t11-,18+,20+/m0/s1. The molecule has 2 N–H and O–H groups in total. The first-order valence-electron chi connectivity index (χ1n) is 8.84. The maximum atomic E-state index is 12.8. The number of carbonyl (C=O) groups is 2. The molecule has 0 radical (unpaired) electrons. The molecule has 4 rings (SSSR count). The SMILES string of the molecule is CC1(C)[C@H]2CC[C@](C)(C2)[C@@H]1NC(=O)C(=O)c1c[nH]c2ccc(Br)cc12. The van der Waals surface area contributed by atoms with Crippen molar-refractivity contribution >= 4 is 38.5 Å². The molecule has 2 aliphatic carbocycles. The van der Waals surface area contributed by atoms with Gasteiger partial charge in [0.05, 0.1) is 5.56 Å². The van der Waals surface area contributed by atoms with Crippen LogP contribution in [0.1, 0.15) is 50.4 Å². The Morgan fingerprint density at radius 3 is 2.72 bits per heavy atom. The number of halogens is 1. The van der Waals surface area contributed by atoms with Crippen LogP contribution in [0.3, 0.4) is 0 Å². The number of ketones is 1. The van der Waals surface area contributed by atoms with Gasteiger partial charge in [-0.2, -0.15) is 0 Å². The third-order valence-corrected chi connectivity index (χ3v) is 7.13. The van der Waals surface area contributed by atoms with Crippen LogP contribution in [0.5, 0.6) is 0 Å². The van der Waals surface area contributed by atoms with Crippen molar-refractivity contribution in [2.24, 2.45) is 16.7 Å². The van der Waals surface area contributed by atoms with Crippen molar-refractivity contribution in [2.75, 3.05) is 0 Å². The third kappa shape index (κ3) is 2.47. The zero-order valence-corrected chi connectivity index (χ0v) is 16.4. The second kappa shape index (κ2) is 5.44. The Labute approximate surface area is 155 Å². The molecule has 2 aliphatic rings. The Morgan fingerprint density at radius 1 is 1.28 bits per heavy atom. The Kier molecular flexibility index (Phi) is 3.66. The van der Waals surface area contributed by atoms with Gasteiger partial charge in [-0.3, -0.25) is 9.59 Å². The van der Waals surface area contributed by atoms with E-state index in [0.717, 1.165) is 28.2 Å². The lowest BCUT2D eigenvalue weighted by Gasteiger charge is -2.42. The zero-order chi connectivity index (χ0) is 18.0. The first kappa shape index (κ1) is 16.8. The summed E-state index contributed by atoms with van der Waals surface area (Å²) in [4.78, 5) is 28.6. The monoisotopic (exact) mass is 402 g/mol. The van der Waals surface area contributed by atoms with Gasteiger partial charge in [-0.15, -0.1) is 0 Å². The van der Waals surface area contributed by atoms with Gasteiger partial charge in [0.15, 0.2) is 0 Å². The van der Waals surface area contributed by atoms with Crippen molar-refractivity contribution in [3.63, 3.8) is 0 Å². The number of rotatable bonds is 3. The summed E-state index contributed by atoms with van der Waals surface area (Å²) in [5.74, 6) is -0.332. The van der Waals surface area contributed by atoms with E-state index >= 15 is 0 Å². The van der Waals surface area contributed by atoms with Crippen molar-refractivity contribution in [1.29, 1.82) is 0 Å². The number of hydrogen-bond acceptors (Lipinski definition) is 2. The maximum absolute atomic E-state index is 12.8. The number of hydrogen-bond donors (Lipinski definition) is 2. The molecule has 0 saturated heterocycles. The molecule has 3 atom stereocenters. The van der Waals surface area contributed by atoms with E-state index < -0.39 is 11.7 Å². The number of benzene rings is 1. The summed E-state index contributed by atoms with van der Waals surface area (Å²) in [5.41, 5.74) is 1.42. The summed E-state index contributed by atoms with van der Waals surface area (Å²) in [7, 11) is 0. The molecular formula is C20H23BrN2O2. The highest BCUT2D eigenvalue weighted by molar-refractivity contribution is 9.10. The van der Waals surface area contributed by atoms with Gasteiger partial charge in [0.2, 0.25) is 0 Å². The van der Waals surface area contributed by atoms with Gasteiger partial charge in [0.25, 0.3) is 11.7 Å². The Bertz CT molecular complexity index is 880. The van der Waals surface area contributed by atoms with Gasteiger partial charge in [-0.1, -0.05) is 36.7 Å². The fourth-order valence-corrected chi connectivity index (χ4v) is 5.62. The lowest BCUT2D eigenvalue weighted by molar-refractivity contribution is -0.119. The lowest BCUT2D eigenvalue weighted by Crippen LogP contribution is -2.53. The Hall–Kier alpha value is -1.62. The van der Waals surface area contributed by atoms with E-state index in [2.05, 4.69) is 47.0 Å². The summed E-state index contributed by atoms with van der Waals surface area (Å²) in [6.07, 6.45) is 5.12. The van der Waals surface area contributed by atoms with Crippen LogP contribution in [-0.4, -0.2) is 22.7 Å². The van der Waals surface area contributed by atoms with Crippen LogP contribution in [0.15, 0.2) is 28.9 Å². The highest BCUT2D eigenvalue weighted by Gasteiger charge is 2.59. The second-order valence-corrected chi connectivity index (χ2v) is 9.46. The average Bonchev–Trinajstić information content (AvgIpc) is 3.19. The third-order valence-electron chi connectivity index (χ3n) is 6.64. The molecule has 4 nitrogen and oxygen atoms in total. The number of nitrogens with one attached hydrogen (secondary N) is 2. The predicted molar refractivity (Wildman–Crippen MR) is 101 cm³/mol. The van der Waals surface area contributed by atoms with Crippen molar-refractivity contribution in [3.05, 3.63) is 34.4 Å². The minimum atomic E-state index is -0.493. The van der Waals surface area contributed by atoms with Gasteiger partial charge >= 0.3 is 0 Å². The molecule has 2 fully saturated rings. The summed E-state index contributed by atoms with van der Waals surface area (Å²) >= 11 is 3.43. The molecule has 0 spiro atoms. The second-order valence-electron chi connectivity index (χ2n) is 8.54. The number of aromatic nitrogens is 1. The molecule has 1 heterocycles. The molecule has 2 saturated carbocycles. The van der Waals surface area contributed by atoms with E-state index in [1.807, 2.05) is 18.2 Å². The van der Waals surface area contributed by atoms with Crippen molar-refractivity contribution in [2.45, 2.75) is 46.1 Å². The Morgan fingerprint density at radius 2 is 2.04 bits per heavy atom. The molecule has 132 valence electrons. The maximum Gasteiger partial charge on any atom is 0.292 e. The van der Waals surface area contributed by atoms with Gasteiger partial charge in [-0.25, -0.2) is 0 Å². The highest BCUT2D eigenvalue weighted by Crippen LogP contribution is 2.62. The highest BCUT2D eigenvalue weighted by atomic mass is 79.9. The minimum Gasteiger partial charge on any atom is -0.360 e. The summed E-state index contributed by atoms with van der Waals surface area (Å²) < 4.78 is 0.885. The first-order chi connectivity index (χ1) is 11.7. The molecule has 1 amide bonds. The zero-order valence-electron chi connectivity index (χ0n) is 14.8. The minimum absolute atomic E-state index is 0.0339. The molecule has 0 unspecified atom stereocenters. The van der Waals surface area contributed by atoms with Crippen LogP contribution in [0.2, 0.25) is 0 Å². The number of fused-ring (bicyclic) bond motifs is 3. The lowest BCUT2D eigenvalue weighted by atomic mass is 9.68. The summed E-state index contributed by atoms with van der Waals surface area (Å²) in [6, 6.07) is 5.72. The van der Waals surface area contributed by atoms with Crippen molar-refractivity contribution in [1.82, 2.24) is 10.3 Å². The van der Waals surface area contributed by atoms with Crippen LogP contribution >= 0.6 is 15.9 Å². The molecule has 25 heavy (non-hydrogen) atoms. The number of amides is 1. The van der Waals surface area contributed by atoms with E-state index in [4.69, 9.17) is 0 Å². The van der Waals surface area contributed by atoms with Crippen LogP contribution in [0, 0.1) is 16.7 Å². The fraction of sp³-hybridized carbons (Fsp3) is 0.500. The molecule has 1 aromatic carbocycles. The van der Waals surface area contributed by atoms with Crippen LogP contribution in [0.25, 0.3) is 10.9 Å². The normalized spacial score (nSPS) is 29.9. The van der Waals surface area contributed by atoms with Gasteiger partial charge in [-0.05, 0) is 54.2 Å². The Balaban J connectivity index is 1.61. The van der Waals surface area contributed by atoms with Crippen LogP contribution in [0.4, 0.5) is 0 Å². The van der Waals surface area contributed by atoms with Crippen molar-refractivity contribution in [3.8, 4) is 0 Å². The summed E-state index contributed by atoms with van der Waals surface area (Å²) in [6.45, 7) is 6.70. The summed E-state index contributed by atoms with van der Waals surface area (Å²) in [5, 5.41) is 3.87. The predicted octanol–water partition coefficient (Wildman–Crippen LogP) is 4.44. The fourth-order valence-electron chi connectivity index (χ4n) is 5.26. The van der Waals surface area contributed by atoms with Crippen LogP contribution in [-0.2, 0) is 4.79 Å². The number of Topliss-reactive ketones (excluding diaryl/α,β-unsaturated/α-hetero) is 1. The quantitative estimate of drug-likeness (QED) is 0.588. The number of H-pyrrole nitrogens is 1. The molecule has 2 bridgehead atoms. The number of carbonyl (C=O) groups excluding carboxylic acids is 2. The topological polar surface area (TPSA) is 62.0 Å². The van der Waals surface area contributed by atoms with E-state index in [0.29, 0.717) is 11.5 Å². The van der Waals surface area contributed by atoms with E-state index in [9.17, 15) is 9.59 Å². The molecule has 2 aromatic rings. The van der Waals surface area contributed by atoms with E-state index in [1.165, 1.54) is 6.42 Å². The molecule has 0 aliphatic heterocycles. The van der Waals surface area contributed by atoms with Gasteiger partial charge < -0.3 is 10.3 Å². The smallest absolute Gasteiger partial charge is 0.292 e. The molecule has 5 heteroatoms. The van der Waals surface area contributed by atoms with E-state index in [-0.39, 0.29) is 16.9 Å². The van der Waals surface area contributed by atoms with Crippen molar-refractivity contribution < 1.29 is 9.59 Å². The largest absolute Gasteiger partial charge is 0.360 e. The van der Waals surface area contributed by atoms with E-state index in [1.54, 1.807) is 6.20 Å². The van der Waals surface area contributed by atoms with Gasteiger partial charge in [0.1, 0.15) is 0 Å².